The number of Topliss-reactive ketones (excluding diaryl/α,β-unsaturated/α-hetero) is 1. The zero-order valence-corrected chi connectivity index (χ0v) is 30.7. The van der Waals surface area contributed by atoms with Crippen LogP contribution < -0.4 is 0 Å². The summed E-state index contributed by atoms with van der Waals surface area (Å²) in [7, 11) is 0. The molecule has 11 atom stereocenters. The highest BCUT2D eigenvalue weighted by Gasteiger charge is 2.77. The third-order valence-corrected chi connectivity index (χ3v) is 12.9. The second-order valence-corrected chi connectivity index (χ2v) is 15.9. The van der Waals surface area contributed by atoms with E-state index in [-0.39, 0.29) is 51.6 Å². The second kappa shape index (κ2) is 14.8. The number of aliphatic hydroxyl groups is 2. The second-order valence-electron chi connectivity index (χ2n) is 15.9. The molecule has 0 radical (unpaired) electrons. The summed E-state index contributed by atoms with van der Waals surface area (Å²) >= 11 is 0. The molecule has 0 aromatic heterocycles. The van der Waals surface area contributed by atoms with Gasteiger partial charge in [0, 0.05) is 31.1 Å². The molecule has 0 amide bonds. The van der Waals surface area contributed by atoms with Crippen molar-refractivity contribution in [1.29, 1.82) is 0 Å². The zero-order valence-electron chi connectivity index (χ0n) is 30.7. The highest BCUT2D eigenvalue weighted by Crippen LogP contribution is 2.65. The van der Waals surface area contributed by atoms with Crippen molar-refractivity contribution in [2.24, 2.45) is 28.6 Å². The summed E-state index contributed by atoms with van der Waals surface area (Å²) < 4.78 is 24.7. The Morgan fingerprint density at radius 3 is 2.08 bits per heavy atom. The van der Waals surface area contributed by atoms with Gasteiger partial charge in [0.1, 0.15) is 29.7 Å². The van der Waals surface area contributed by atoms with Gasteiger partial charge >= 0.3 is 17.9 Å². The van der Waals surface area contributed by atoms with E-state index in [1.807, 2.05) is 44.2 Å². The van der Waals surface area contributed by atoms with Gasteiger partial charge < -0.3 is 29.2 Å². The minimum atomic E-state index is -2.00. The lowest BCUT2D eigenvalue weighted by Crippen LogP contribution is -2.81. The highest BCUT2D eigenvalue weighted by molar-refractivity contribution is 5.92. The quantitative estimate of drug-likeness (QED) is 0.181. The minimum Gasteiger partial charge on any atom is -0.457 e. The monoisotopic (exact) mass is 734 g/mol. The fraction of sp³-hybridized carbons (Fsp3) is 0.581. The molecule has 53 heavy (non-hydrogen) atoms. The van der Waals surface area contributed by atoms with Crippen LogP contribution in [0.3, 0.4) is 0 Å². The Morgan fingerprint density at radius 1 is 0.943 bits per heavy atom. The van der Waals surface area contributed by atoms with Crippen molar-refractivity contribution < 1.29 is 48.3 Å². The van der Waals surface area contributed by atoms with Gasteiger partial charge in [0.25, 0.3) is 0 Å². The lowest BCUT2D eigenvalue weighted by Gasteiger charge is -2.67. The maximum atomic E-state index is 15.1. The molecule has 2 saturated carbocycles. The van der Waals surface area contributed by atoms with Crippen LogP contribution in [0, 0.1) is 28.6 Å². The maximum absolute atomic E-state index is 15.1. The van der Waals surface area contributed by atoms with Crippen LogP contribution in [0.5, 0.6) is 0 Å². The van der Waals surface area contributed by atoms with Crippen molar-refractivity contribution in [1.82, 2.24) is 0 Å². The molecular weight excluding hydrogens is 676 g/mol. The topological polar surface area (TPSA) is 146 Å². The SMILES string of the molecule is C.C.CC(=O)OC12COC1C[C@H](O)[C@@]1(C)C(=O)[C@H](C)C3=C(C)C(OC(=O)C(C)C(C)c4ccccc4)C[C@@](O)([C@@H](OC(=O)c4ccccc4)[C@H]21)C3(C)C. The number of benzene rings is 2. The van der Waals surface area contributed by atoms with Crippen LogP contribution in [-0.2, 0) is 33.3 Å². The number of hydrogen-bond acceptors (Lipinski definition) is 10. The fourth-order valence-corrected chi connectivity index (χ4v) is 9.77. The summed E-state index contributed by atoms with van der Waals surface area (Å²) in [6.07, 6.45) is -4.82. The summed E-state index contributed by atoms with van der Waals surface area (Å²) in [5.41, 5.74) is -4.06. The van der Waals surface area contributed by atoms with Crippen molar-refractivity contribution in [2.45, 2.75) is 125 Å². The first-order valence-corrected chi connectivity index (χ1v) is 17.9. The predicted octanol–water partition coefficient (Wildman–Crippen LogP) is 6.62. The van der Waals surface area contributed by atoms with E-state index >= 15 is 4.79 Å². The zero-order chi connectivity index (χ0) is 37.3. The number of ether oxygens (including phenoxy) is 4. The molecule has 2 N–H and O–H groups in total. The number of rotatable bonds is 7. The van der Waals surface area contributed by atoms with Crippen molar-refractivity contribution in [3.05, 3.63) is 82.9 Å². The summed E-state index contributed by atoms with van der Waals surface area (Å²) in [6, 6.07) is 17.9. The number of carbonyl (C=O) groups is 4. The highest BCUT2D eigenvalue weighted by atomic mass is 16.6. The summed E-state index contributed by atoms with van der Waals surface area (Å²) in [5, 5.41) is 25.3. The van der Waals surface area contributed by atoms with Crippen LogP contribution in [0.4, 0.5) is 0 Å². The van der Waals surface area contributed by atoms with Crippen molar-refractivity contribution in [3.8, 4) is 0 Å². The number of fused-ring (bicyclic) bond motifs is 5. The molecule has 1 saturated heterocycles. The van der Waals surface area contributed by atoms with Gasteiger partial charge in [-0.1, -0.05) is 98.0 Å². The summed E-state index contributed by atoms with van der Waals surface area (Å²) in [6.45, 7) is 13.6. The molecule has 5 unspecified atom stereocenters. The Kier molecular flexibility index (Phi) is 11.7. The van der Waals surface area contributed by atoms with Gasteiger partial charge in [-0.15, -0.1) is 0 Å². The van der Waals surface area contributed by atoms with Crippen LogP contribution >= 0.6 is 0 Å². The predicted molar refractivity (Wildman–Crippen MR) is 200 cm³/mol. The van der Waals surface area contributed by atoms with Gasteiger partial charge in [-0.3, -0.25) is 14.4 Å². The lowest BCUT2D eigenvalue weighted by atomic mass is 9.43. The van der Waals surface area contributed by atoms with Crippen molar-refractivity contribution in [2.75, 3.05) is 6.61 Å². The molecule has 290 valence electrons. The Hall–Kier alpha value is -3.86. The first-order valence-electron chi connectivity index (χ1n) is 17.9. The molecule has 4 aliphatic rings. The van der Waals surface area contributed by atoms with Gasteiger partial charge in [-0.05, 0) is 48.6 Å². The van der Waals surface area contributed by atoms with Gasteiger partial charge in [0.2, 0.25) is 0 Å². The summed E-state index contributed by atoms with van der Waals surface area (Å²) in [5.74, 6) is -5.09. The van der Waals surface area contributed by atoms with Gasteiger partial charge in [-0.25, -0.2) is 4.79 Å². The molecule has 6 rings (SSSR count). The van der Waals surface area contributed by atoms with Crippen LogP contribution in [0.1, 0.15) is 105 Å². The van der Waals surface area contributed by atoms with Crippen LogP contribution in [0.15, 0.2) is 71.8 Å². The first-order chi connectivity index (χ1) is 23.9. The average Bonchev–Trinajstić information content (AvgIpc) is 3.09. The van der Waals surface area contributed by atoms with E-state index < -0.39 is 82.1 Å². The largest absolute Gasteiger partial charge is 0.457 e. The lowest BCUT2D eigenvalue weighted by molar-refractivity contribution is -0.345. The molecule has 1 aliphatic heterocycles. The molecule has 10 heteroatoms. The molecule has 1 heterocycles. The van der Waals surface area contributed by atoms with Gasteiger partial charge in [-0.2, -0.15) is 0 Å². The van der Waals surface area contributed by atoms with E-state index in [1.54, 1.807) is 65.0 Å². The number of carbonyl (C=O) groups excluding carboxylic acids is 4. The fourth-order valence-electron chi connectivity index (χ4n) is 9.77. The van der Waals surface area contributed by atoms with Gasteiger partial charge in [0.05, 0.1) is 35.5 Å². The van der Waals surface area contributed by atoms with E-state index in [0.717, 1.165) is 5.56 Å². The molecule has 0 spiro atoms. The third kappa shape index (κ3) is 6.34. The molecule has 10 nitrogen and oxygen atoms in total. The number of aliphatic hydroxyl groups excluding tert-OH is 1. The number of ketones is 1. The average molecular weight is 735 g/mol. The van der Waals surface area contributed by atoms with Crippen molar-refractivity contribution >= 4 is 23.7 Å². The molecule has 2 aromatic rings. The Bertz CT molecular complexity index is 1740. The standard InChI is InChI=1S/C41H50O10.2CH4/c1-22(27-15-11-9-12-16-27)23(2)36(45)49-29-20-41(47)35(50-37(46)28-17-13-10-14-18-28)33-39(8,34(44)25(4)32(24(29)3)38(41,6)7)30(43)19-31-40(33,21-48-31)51-26(5)42;;/h9-18,22-23,25,29-31,33,35,43,47H,19-21H2,1-8H3;2*1H4/t22?,23?,25-,29?,30+,31?,33+,35+,39-,40?,41-;;/m1../s1. The van der Waals surface area contributed by atoms with Crippen LogP contribution in [0.2, 0.25) is 0 Å². The normalized spacial score (nSPS) is 35.2. The van der Waals surface area contributed by atoms with Gasteiger partial charge in [0.15, 0.2) is 5.60 Å². The Balaban J connectivity index is 0.00000314. The summed E-state index contributed by atoms with van der Waals surface area (Å²) in [4.78, 5) is 55.9. The Morgan fingerprint density at radius 2 is 1.53 bits per heavy atom. The van der Waals surface area contributed by atoms with Crippen LogP contribution in [0.25, 0.3) is 0 Å². The van der Waals surface area contributed by atoms with E-state index in [0.29, 0.717) is 11.1 Å². The van der Waals surface area contributed by atoms with Crippen molar-refractivity contribution in [3.63, 3.8) is 0 Å². The molecule has 2 bridgehead atoms. The third-order valence-electron chi connectivity index (χ3n) is 12.9. The smallest absolute Gasteiger partial charge is 0.338 e. The molecule has 3 fully saturated rings. The van der Waals surface area contributed by atoms with E-state index in [4.69, 9.17) is 18.9 Å². The van der Waals surface area contributed by atoms with Crippen LogP contribution in [-0.4, -0.2) is 76.1 Å². The molecule has 3 aliphatic carbocycles. The first kappa shape index (κ1) is 41.9. The van der Waals surface area contributed by atoms with E-state index in [1.165, 1.54) is 6.92 Å². The number of esters is 3. The van der Waals surface area contributed by atoms with E-state index in [9.17, 15) is 24.6 Å². The Labute approximate surface area is 314 Å². The van der Waals surface area contributed by atoms with E-state index in [2.05, 4.69) is 0 Å². The molecule has 2 aromatic carbocycles. The number of hydrogen-bond donors (Lipinski definition) is 2. The minimum absolute atomic E-state index is 0. The maximum Gasteiger partial charge on any atom is 0.338 e. The molecular formula is C43H58O10.